The molecule has 0 saturated heterocycles. The molecule has 0 aromatic heterocycles. The molecule has 0 radical (unpaired) electrons. The first-order chi connectivity index (χ1) is 9.42. The molecule has 2 rings (SSSR count). The van der Waals surface area contributed by atoms with Crippen molar-refractivity contribution < 1.29 is 9.90 Å². The van der Waals surface area contributed by atoms with E-state index in [1.807, 2.05) is 19.9 Å². The lowest BCUT2D eigenvalue weighted by Gasteiger charge is -2.27. The molecule has 1 fully saturated rings. The summed E-state index contributed by atoms with van der Waals surface area (Å²) in [7, 11) is 0. The summed E-state index contributed by atoms with van der Waals surface area (Å²) in [6, 6.07) is 10.4. The van der Waals surface area contributed by atoms with Gasteiger partial charge in [0, 0.05) is 6.04 Å². The van der Waals surface area contributed by atoms with E-state index in [1.54, 1.807) is 0 Å². The molecule has 3 atom stereocenters. The Balaban J connectivity index is 2.03. The Morgan fingerprint density at radius 1 is 1.35 bits per heavy atom. The van der Waals surface area contributed by atoms with E-state index in [0.29, 0.717) is 6.04 Å². The first kappa shape index (κ1) is 15.0. The van der Waals surface area contributed by atoms with E-state index in [2.05, 4.69) is 36.5 Å². The van der Waals surface area contributed by atoms with Gasteiger partial charge in [-0.25, -0.2) is 0 Å². The fraction of sp³-hybridized carbons (Fsp3) is 0.588. The van der Waals surface area contributed by atoms with Crippen molar-refractivity contribution in [3.63, 3.8) is 0 Å². The van der Waals surface area contributed by atoms with Gasteiger partial charge in [0.2, 0.25) is 0 Å². The van der Waals surface area contributed by atoms with E-state index in [4.69, 9.17) is 0 Å². The Hall–Kier alpha value is -1.35. The Bertz CT molecular complexity index is 457. The standard InChI is InChI=1S/C17H25NO2/c1-12(2)15(16(19)20)18-14-9-10-17(3,11-14)13-7-5-4-6-8-13/h4-8,12,14-15,18H,9-11H2,1-3H3,(H,19,20)/t14?,15-,17?/m1/s1. The topological polar surface area (TPSA) is 49.3 Å². The van der Waals surface area contributed by atoms with Gasteiger partial charge >= 0.3 is 5.97 Å². The van der Waals surface area contributed by atoms with Crippen molar-refractivity contribution >= 4 is 5.97 Å². The predicted octanol–water partition coefficient (Wildman–Crippen LogP) is 3.20. The van der Waals surface area contributed by atoms with E-state index in [9.17, 15) is 9.90 Å². The highest BCUT2D eigenvalue weighted by atomic mass is 16.4. The third kappa shape index (κ3) is 3.21. The second kappa shape index (κ2) is 5.96. The monoisotopic (exact) mass is 275 g/mol. The summed E-state index contributed by atoms with van der Waals surface area (Å²) in [5.74, 6) is -0.635. The fourth-order valence-corrected chi connectivity index (χ4v) is 3.29. The third-order valence-electron chi connectivity index (χ3n) is 4.56. The molecule has 0 aliphatic heterocycles. The first-order valence-electron chi connectivity index (χ1n) is 7.47. The average Bonchev–Trinajstić information content (AvgIpc) is 2.79. The van der Waals surface area contributed by atoms with Gasteiger partial charge in [-0.2, -0.15) is 0 Å². The van der Waals surface area contributed by atoms with Crippen LogP contribution in [-0.4, -0.2) is 23.2 Å². The van der Waals surface area contributed by atoms with Crippen LogP contribution in [0.25, 0.3) is 0 Å². The molecular formula is C17H25NO2. The van der Waals surface area contributed by atoms with Crippen molar-refractivity contribution in [1.82, 2.24) is 5.32 Å². The van der Waals surface area contributed by atoms with Crippen LogP contribution in [0.15, 0.2) is 30.3 Å². The lowest BCUT2D eigenvalue weighted by molar-refractivity contribution is -0.140. The molecule has 20 heavy (non-hydrogen) atoms. The van der Waals surface area contributed by atoms with Crippen LogP contribution >= 0.6 is 0 Å². The third-order valence-corrected chi connectivity index (χ3v) is 4.56. The number of hydrogen-bond donors (Lipinski definition) is 2. The first-order valence-corrected chi connectivity index (χ1v) is 7.47. The second-order valence-electron chi connectivity index (χ2n) is 6.59. The van der Waals surface area contributed by atoms with Gasteiger partial charge in [-0.1, -0.05) is 51.1 Å². The zero-order chi connectivity index (χ0) is 14.8. The zero-order valence-corrected chi connectivity index (χ0v) is 12.6. The summed E-state index contributed by atoms with van der Waals surface area (Å²) in [4.78, 5) is 11.3. The van der Waals surface area contributed by atoms with Crippen molar-refractivity contribution in [1.29, 1.82) is 0 Å². The molecule has 110 valence electrons. The molecule has 0 heterocycles. The van der Waals surface area contributed by atoms with Gasteiger partial charge in [0.15, 0.2) is 0 Å². The molecule has 3 heteroatoms. The normalized spacial score (nSPS) is 27.7. The number of aliphatic carboxylic acids is 1. The van der Waals surface area contributed by atoms with Gasteiger partial charge in [-0.05, 0) is 36.2 Å². The molecule has 2 N–H and O–H groups in total. The van der Waals surface area contributed by atoms with Crippen LogP contribution in [0.4, 0.5) is 0 Å². The van der Waals surface area contributed by atoms with Gasteiger partial charge in [-0.15, -0.1) is 0 Å². The van der Waals surface area contributed by atoms with E-state index in [0.717, 1.165) is 19.3 Å². The Morgan fingerprint density at radius 2 is 2.00 bits per heavy atom. The molecule has 1 aromatic carbocycles. The van der Waals surface area contributed by atoms with Crippen LogP contribution < -0.4 is 5.32 Å². The van der Waals surface area contributed by atoms with Crippen molar-refractivity contribution in [2.45, 2.75) is 57.5 Å². The van der Waals surface area contributed by atoms with Crippen molar-refractivity contribution in [3.8, 4) is 0 Å². The van der Waals surface area contributed by atoms with Crippen LogP contribution in [0.3, 0.4) is 0 Å². The second-order valence-corrected chi connectivity index (χ2v) is 6.59. The largest absolute Gasteiger partial charge is 0.480 e. The minimum Gasteiger partial charge on any atom is -0.480 e. The van der Waals surface area contributed by atoms with Gasteiger partial charge in [0.25, 0.3) is 0 Å². The minimum atomic E-state index is -0.742. The van der Waals surface area contributed by atoms with Crippen molar-refractivity contribution in [2.75, 3.05) is 0 Å². The SMILES string of the molecule is CC(C)[C@@H](NC1CCC(C)(c2ccccc2)C1)C(=O)O. The van der Waals surface area contributed by atoms with Crippen molar-refractivity contribution in [2.24, 2.45) is 5.92 Å². The predicted molar refractivity (Wildman–Crippen MR) is 80.8 cm³/mol. The van der Waals surface area contributed by atoms with Gasteiger partial charge < -0.3 is 10.4 Å². The van der Waals surface area contributed by atoms with Gasteiger partial charge in [0.05, 0.1) is 0 Å². The zero-order valence-electron chi connectivity index (χ0n) is 12.6. The van der Waals surface area contributed by atoms with Gasteiger partial charge in [0.1, 0.15) is 6.04 Å². The van der Waals surface area contributed by atoms with Crippen LogP contribution in [-0.2, 0) is 10.2 Å². The maximum absolute atomic E-state index is 11.3. The quantitative estimate of drug-likeness (QED) is 0.867. The Labute approximate surface area is 121 Å². The number of carboxylic acids is 1. The van der Waals surface area contributed by atoms with Crippen LogP contribution in [0.2, 0.25) is 0 Å². The summed E-state index contributed by atoms with van der Waals surface area (Å²) in [6.45, 7) is 6.20. The number of hydrogen-bond acceptors (Lipinski definition) is 2. The van der Waals surface area contributed by atoms with Crippen LogP contribution in [0.1, 0.15) is 45.6 Å². The van der Waals surface area contributed by atoms with E-state index < -0.39 is 12.0 Å². The summed E-state index contributed by atoms with van der Waals surface area (Å²) in [5, 5.41) is 12.6. The van der Waals surface area contributed by atoms with E-state index in [1.165, 1.54) is 5.56 Å². The van der Waals surface area contributed by atoms with E-state index in [-0.39, 0.29) is 11.3 Å². The Morgan fingerprint density at radius 3 is 2.55 bits per heavy atom. The smallest absolute Gasteiger partial charge is 0.320 e. The maximum atomic E-state index is 11.3. The molecule has 1 aliphatic carbocycles. The highest BCUT2D eigenvalue weighted by Gasteiger charge is 2.38. The molecule has 1 saturated carbocycles. The summed E-state index contributed by atoms with van der Waals surface area (Å²) >= 11 is 0. The number of carboxylic acid groups (broad SMARTS) is 1. The molecule has 0 bridgehead atoms. The Kier molecular flexibility index (Phi) is 4.48. The fourth-order valence-electron chi connectivity index (χ4n) is 3.29. The van der Waals surface area contributed by atoms with Crippen LogP contribution in [0, 0.1) is 5.92 Å². The molecule has 0 spiro atoms. The molecule has 2 unspecified atom stereocenters. The molecule has 3 nitrogen and oxygen atoms in total. The molecule has 1 aromatic rings. The lowest BCUT2D eigenvalue weighted by Crippen LogP contribution is -2.46. The summed E-state index contributed by atoms with van der Waals surface area (Å²) in [6.07, 6.45) is 3.16. The highest BCUT2D eigenvalue weighted by Crippen LogP contribution is 2.40. The minimum absolute atomic E-state index is 0.107. The maximum Gasteiger partial charge on any atom is 0.320 e. The number of nitrogens with one attached hydrogen (secondary N) is 1. The number of benzene rings is 1. The molecule has 1 aliphatic rings. The van der Waals surface area contributed by atoms with Crippen molar-refractivity contribution in [3.05, 3.63) is 35.9 Å². The molecule has 0 amide bonds. The number of carbonyl (C=O) groups is 1. The van der Waals surface area contributed by atoms with E-state index >= 15 is 0 Å². The van der Waals surface area contributed by atoms with Gasteiger partial charge in [-0.3, -0.25) is 4.79 Å². The number of rotatable bonds is 5. The average molecular weight is 275 g/mol. The van der Waals surface area contributed by atoms with Crippen LogP contribution in [0.5, 0.6) is 0 Å². The lowest BCUT2D eigenvalue weighted by atomic mass is 9.81. The summed E-state index contributed by atoms with van der Waals surface area (Å²) in [5.41, 5.74) is 1.53. The highest BCUT2D eigenvalue weighted by molar-refractivity contribution is 5.73. The summed E-state index contributed by atoms with van der Waals surface area (Å²) < 4.78 is 0. The molecular weight excluding hydrogens is 250 g/mol.